The minimum atomic E-state index is -0.978. The highest BCUT2D eigenvalue weighted by atomic mass is 79.9. The Morgan fingerprint density at radius 3 is 2.30 bits per heavy atom. The summed E-state index contributed by atoms with van der Waals surface area (Å²) in [6.07, 6.45) is 0.619. The number of alkyl carbamates (subject to hydrolysis) is 1. The van der Waals surface area contributed by atoms with Crippen LogP contribution in [0.4, 0.5) is 19.3 Å². The molecule has 1 heterocycles. The van der Waals surface area contributed by atoms with Gasteiger partial charge in [0.1, 0.15) is 29.0 Å². The van der Waals surface area contributed by atoms with Gasteiger partial charge in [0.25, 0.3) is 11.8 Å². The highest BCUT2D eigenvalue weighted by Gasteiger charge is 2.23. The maximum absolute atomic E-state index is 13.3. The van der Waals surface area contributed by atoms with Gasteiger partial charge < -0.3 is 15.4 Å². The highest BCUT2D eigenvalue weighted by molar-refractivity contribution is 9.10. The molecule has 162 valence electrons. The molecule has 0 bridgehead atoms. The van der Waals surface area contributed by atoms with Crippen molar-refractivity contribution in [3.63, 3.8) is 0 Å². The number of amides is 3. The second-order valence-electron chi connectivity index (χ2n) is 7.34. The molecule has 0 saturated heterocycles. The summed E-state index contributed by atoms with van der Waals surface area (Å²) in [5, 5.41) is 4.74. The summed E-state index contributed by atoms with van der Waals surface area (Å²) in [5.41, 5.74) is 1.60. The van der Waals surface area contributed by atoms with Gasteiger partial charge in [-0.25, -0.2) is 13.6 Å². The quantitative estimate of drug-likeness (QED) is 0.598. The number of nitrogens with zero attached hydrogens (tertiary/aromatic N) is 1. The summed E-state index contributed by atoms with van der Waals surface area (Å²) >= 11 is 3.19. The van der Waals surface area contributed by atoms with E-state index in [0.717, 1.165) is 16.8 Å². The van der Waals surface area contributed by atoms with Gasteiger partial charge in [0.15, 0.2) is 0 Å². The summed E-state index contributed by atoms with van der Waals surface area (Å²) in [6.45, 7) is 6.49. The number of carbonyl (C=O) groups excluding carboxylic acids is 3. The molecule has 0 fully saturated rings. The molecule has 0 aliphatic rings. The minimum absolute atomic E-state index is 0.0301. The number of aromatic nitrogens is 1. The summed E-state index contributed by atoms with van der Waals surface area (Å²) < 4.78 is 33.2. The zero-order valence-electron chi connectivity index (χ0n) is 16.7. The monoisotopic (exact) mass is 486 g/mol. The Morgan fingerprint density at radius 2 is 1.73 bits per heavy atom. The number of anilines is 1. The topological polar surface area (TPSA) is 101 Å². The zero-order chi connectivity index (χ0) is 22.6. The van der Waals surface area contributed by atoms with E-state index in [0.29, 0.717) is 10.5 Å². The highest BCUT2D eigenvalue weighted by Crippen LogP contribution is 2.20. The molecule has 0 saturated carbocycles. The van der Waals surface area contributed by atoms with E-state index in [1.165, 1.54) is 19.2 Å². The van der Waals surface area contributed by atoms with E-state index in [2.05, 4.69) is 32.0 Å². The van der Waals surface area contributed by atoms with Crippen LogP contribution in [-0.2, 0) is 9.53 Å². The Morgan fingerprint density at radius 1 is 1.13 bits per heavy atom. The first-order valence-corrected chi connectivity index (χ1v) is 9.59. The van der Waals surface area contributed by atoms with Crippen LogP contribution in [0.3, 0.4) is 0 Å². The fourth-order valence-corrected chi connectivity index (χ4v) is 2.79. The summed E-state index contributed by atoms with van der Waals surface area (Å²) in [7, 11) is 0. The molecule has 30 heavy (non-hydrogen) atoms. The molecule has 0 spiro atoms. The normalized spacial score (nSPS) is 12.1. The fraction of sp³-hybridized carbons (Fsp3) is 0.316. The molecule has 1 aromatic heterocycles. The van der Waals surface area contributed by atoms with E-state index in [4.69, 9.17) is 4.74 Å². The molecule has 0 aliphatic heterocycles. The molecular formula is C19H21BrF2N4O4. The van der Waals surface area contributed by atoms with Gasteiger partial charge in [-0.2, -0.15) is 0 Å². The molecular weight excluding hydrogens is 466 g/mol. The lowest BCUT2D eigenvalue weighted by molar-refractivity contribution is -0.118. The second kappa shape index (κ2) is 9.24. The van der Waals surface area contributed by atoms with E-state index in [-0.39, 0.29) is 11.4 Å². The molecule has 2 rings (SSSR count). The van der Waals surface area contributed by atoms with Crippen LogP contribution in [0, 0.1) is 11.6 Å². The smallest absolute Gasteiger partial charge is 0.408 e. The van der Waals surface area contributed by atoms with Crippen molar-refractivity contribution in [1.82, 2.24) is 9.99 Å². The van der Waals surface area contributed by atoms with Crippen molar-refractivity contribution in [3.05, 3.63) is 52.3 Å². The lowest BCUT2D eigenvalue weighted by Crippen LogP contribution is -2.46. The lowest BCUT2D eigenvalue weighted by atomic mass is 10.2. The van der Waals surface area contributed by atoms with Gasteiger partial charge in [-0.15, -0.1) is 0 Å². The SMILES string of the molecule is CC(NC(=O)OC(C)(C)C)C(=O)Nn1ccc(Br)c1C(=O)Nc1cc(F)cc(F)c1. The van der Waals surface area contributed by atoms with E-state index in [1.54, 1.807) is 20.8 Å². The van der Waals surface area contributed by atoms with E-state index < -0.39 is 41.2 Å². The van der Waals surface area contributed by atoms with Crippen LogP contribution in [-0.4, -0.2) is 34.2 Å². The first-order chi connectivity index (χ1) is 13.9. The van der Waals surface area contributed by atoms with Gasteiger partial charge in [0.05, 0.1) is 4.47 Å². The number of ether oxygens (including phenoxy) is 1. The van der Waals surface area contributed by atoms with Crippen LogP contribution in [0.15, 0.2) is 34.9 Å². The molecule has 1 aromatic carbocycles. The van der Waals surface area contributed by atoms with E-state index in [9.17, 15) is 23.2 Å². The van der Waals surface area contributed by atoms with E-state index in [1.807, 2.05) is 0 Å². The third-order valence-corrected chi connectivity index (χ3v) is 4.17. The van der Waals surface area contributed by atoms with Gasteiger partial charge in [-0.3, -0.25) is 19.7 Å². The third-order valence-electron chi connectivity index (χ3n) is 3.53. The Kier molecular flexibility index (Phi) is 7.19. The van der Waals surface area contributed by atoms with Crippen LogP contribution in [0.25, 0.3) is 0 Å². The first-order valence-electron chi connectivity index (χ1n) is 8.80. The maximum atomic E-state index is 13.3. The van der Waals surface area contributed by atoms with Crippen LogP contribution < -0.4 is 16.1 Å². The fourth-order valence-electron chi connectivity index (χ4n) is 2.30. The van der Waals surface area contributed by atoms with Crippen molar-refractivity contribution in [2.75, 3.05) is 10.7 Å². The average Bonchev–Trinajstić information content (AvgIpc) is 2.92. The number of halogens is 3. The summed E-state index contributed by atoms with van der Waals surface area (Å²) in [4.78, 5) is 36.8. The third kappa shape index (κ3) is 6.55. The standard InChI is InChI=1S/C19H21BrF2N4O4/c1-10(23-18(29)30-19(2,3)4)16(27)25-26-6-5-14(20)15(26)17(28)24-13-8-11(21)7-12(22)9-13/h5-10H,1-4H3,(H,23,29)(H,24,28)(H,25,27). The largest absolute Gasteiger partial charge is 0.444 e. The Bertz CT molecular complexity index is 952. The number of nitrogens with one attached hydrogen (secondary N) is 3. The van der Waals surface area contributed by atoms with Gasteiger partial charge in [0, 0.05) is 18.0 Å². The van der Waals surface area contributed by atoms with Gasteiger partial charge in [-0.1, -0.05) is 0 Å². The van der Waals surface area contributed by atoms with Crippen LogP contribution in [0.5, 0.6) is 0 Å². The number of carbonyl (C=O) groups is 3. The Labute approximate surface area is 180 Å². The average molecular weight is 487 g/mol. The minimum Gasteiger partial charge on any atom is -0.444 e. The van der Waals surface area contributed by atoms with Crippen LogP contribution >= 0.6 is 15.9 Å². The van der Waals surface area contributed by atoms with Gasteiger partial charge in [-0.05, 0) is 61.8 Å². The van der Waals surface area contributed by atoms with Crippen molar-refractivity contribution in [1.29, 1.82) is 0 Å². The van der Waals surface area contributed by atoms with Crippen LogP contribution in [0.2, 0.25) is 0 Å². The number of hydrogen-bond acceptors (Lipinski definition) is 4. The van der Waals surface area contributed by atoms with Gasteiger partial charge >= 0.3 is 6.09 Å². The number of hydrogen-bond donors (Lipinski definition) is 3. The molecule has 2 aromatic rings. The molecule has 0 aliphatic carbocycles. The number of rotatable bonds is 5. The van der Waals surface area contributed by atoms with Crippen LogP contribution in [0.1, 0.15) is 38.2 Å². The van der Waals surface area contributed by atoms with Gasteiger partial charge in [0.2, 0.25) is 0 Å². The lowest BCUT2D eigenvalue weighted by Gasteiger charge is -2.22. The number of benzene rings is 1. The van der Waals surface area contributed by atoms with Crippen molar-refractivity contribution in [2.45, 2.75) is 39.3 Å². The zero-order valence-corrected chi connectivity index (χ0v) is 18.3. The predicted molar refractivity (Wildman–Crippen MR) is 110 cm³/mol. The van der Waals surface area contributed by atoms with Crippen molar-refractivity contribution in [3.8, 4) is 0 Å². The van der Waals surface area contributed by atoms with Crippen molar-refractivity contribution >= 4 is 39.5 Å². The molecule has 0 radical (unpaired) electrons. The predicted octanol–water partition coefficient (Wildman–Crippen LogP) is 3.76. The second-order valence-corrected chi connectivity index (χ2v) is 8.19. The molecule has 8 nitrogen and oxygen atoms in total. The Balaban J connectivity index is 2.10. The first kappa shape index (κ1) is 23.3. The molecule has 3 N–H and O–H groups in total. The summed E-state index contributed by atoms with van der Waals surface area (Å²) in [6, 6.07) is 3.09. The maximum Gasteiger partial charge on any atom is 0.408 e. The molecule has 1 atom stereocenters. The Hall–Kier alpha value is -2.95. The van der Waals surface area contributed by atoms with Crippen molar-refractivity contribution in [2.24, 2.45) is 0 Å². The molecule has 11 heteroatoms. The van der Waals surface area contributed by atoms with E-state index >= 15 is 0 Å². The molecule has 3 amide bonds. The molecule has 1 unspecified atom stereocenters. The van der Waals surface area contributed by atoms with Crippen molar-refractivity contribution < 1.29 is 27.9 Å². The summed E-state index contributed by atoms with van der Waals surface area (Å²) in [5.74, 6) is -3.06.